The Morgan fingerprint density at radius 3 is 2.39 bits per heavy atom. The molecule has 0 bridgehead atoms. The highest BCUT2D eigenvalue weighted by atomic mass is 32.1. The Balaban J connectivity index is 1.50. The van der Waals surface area contributed by atoms with Crippen LogP contribution < -0.4 is 22.3 Å². The Labute approximate surface area is 240 Å². The second-order valence-electron chi connectivity index (χ2n) is 9.64. The third kappa shape index (κ3) is 6.14. The number of methoxy groups -OCH3 is 1. The largest absolute Gasteiger partial charge is 0.465 e. The molecule has 0 fully saturated rings. The first-order chi connectivity index (χ1) is 19.9. The zero-order chi connectivity index (χ0) is 28.9. The van der Waals surface area contributed by atoms with Crippen LogP contribution in [-0.2, 0) is 30.9 Å². The zero-order valence-corrected chi connectivity index (χ0v) is 23.3. The number of amides is 1. The van der Waals surface area contributed by atoms with E-state index in [1.165, 1.54) is 15.9 Å². The molecule has 0 radical (unpaired) electrons. The molecule has 41 heavy (non-hydrogen) atoms. The maximum absolute atomic E-state index is 13.7. The van der Waals surface area contributed by atoms with E-state index >= 15 is 0 Å². The first-order valence-electron chi connectivity index (χ1n) is 13.1. The van der Waals surface area contributed by atoms with Crippen molar-refractivity contribution in [2.24, 2.45) is 5.73 Å². The molecule has 9 nitrogen and oxygen atoms in total. The van der Waals surface area contributed by atoms with Gasteiger partial charge in [0.15, 0.2) is 0 Å². The maximum Gasteiger partial charge on any atom is 0.406 e. The number of fused-ring (bicyclic) bond motifs is 1. The molecular weight excluding hydrogens is 540 g/mol. The third-order valence-electron chi connectivity index (χ3n) is 6.88. The van der Waals surface area contributed by atoms with Crippen LogP contribution in [0.25, 0.3) is 21.3 Å². The van der Waals surface area contributed by atoms with Crippen LogP contribution in [0.5, 0.6) is 0 Å². The lowest BCUT2D eigenvalue weighted by Gasteiger charge is -2.17. The maximum atomic E-state index is 13.7. The highest BCUT2D eigenvalue weighted by Crippen LogP contribution is 2.28. The van der Waals surface area contributed by atoms with Gasteiger partial charge in [-0.2, -0.15) is 0 Å². The van der Waals surface area contributed by atoms with Crippen LogP contribution in [0.15, 0.2) is 94.5 Å². The minimum absolute atomic E-state index is 0.271. The van der Waals surface area contributed by atoms with Crippen LogP contribution in [0, 0.1) is 0 Å². The van der Waals surface area contributed by atoms with Gasteiger partial charge in [0.25, 0.3) is 5.56 Å². The normalized spacial score (nSPS) is 12.0. The van der Waals surface area contributed by atoms with Crippen molar-refractivity contribution in [2.45, 2.75) is 32.3 Å². The second-order valence-corrected chi connectivity index (χ2v) is 10.8. The lowest BCUT2D eigenvalue weighted by Crippen LogP contribution is -2.40. The minimum Gasteiger partial charge on any atom is -0.465 e. The molecule has 1 amide bonds. The number of aromatic nitrogens is 2. The number of carbonyl (C=O) groups is 1. The number of nitrogens with two attached hydrogens (primary N) is 1. The fourth-order valence-electron chi connectivity index (χ4n) is 4.90. The molecule has 1 unspecified atom stereocenters. The number of rotatable bonds is 10. The number of hydrogen-bond donors (Lipinski definition) is 3. The van der Waals surface area contributed by atoms with Gasteiger partial charge in [-0.3, -0.25) is 13.9 Å². The molecule has 210 valence electrons. The van der Waals surface area contributed by atoms with Crippen molar-refractivity contribution in [3.8, 4) is 11.1 Å². The topological polar surface area (TPSA) is 129 Å². The summed E-state index contributed by atoms with van der Waals surface area (Å²) >= 11 is 1.39. The van der Waals surface area contributed by atoms with E-state index in [4.69, 9.17) is 15.6 Å². The minimum atomic E-state index is -1.20. The molecule has 0 aliphatic rings. The van der Waals surface area contributed by atoms with E-state index in [9.17, 15) is 14.4 Å². The summed E-state index contributed by atoms with van der Waals surface area (Å²) in [5.74, 6) is 0. The number of benzene rings is 3. The van der Waals surface area contributed by atoms with Gasteiger partial charge in [0.2, 0.25) is 0 Å². The number of aryl methyl sites for hydroxylation is 1. The predicted molar refractivity (Wildman–Crippen MR) is 160 cm³/mol. The zero-order valence-electron chi connectivity index (χ0n) is 22.4. The fourth-order valence-corrected chi connectivity index (χ4v) is 6.01. The van der Waals surface area contributed by atoms with Crippen LogP contribution >= 0.6 is 11.3 Å². The Morgan fingerprint density at radius 2 is 1.68 bits per heavy atom. The van der Waals surface area contributed by atoms with Crippen molar-refractivity contribution >= 4 is 27.6 Å². The summed E-state index contributed by atoms with van der Waals surface area (Å²) in [4.78, 5) is 39.7. The van der Waals surface area contributed by atoms with E-state index in [0.717, 1.165) is 27.1 Å². The molecule has 10 heteroatoms. The van der Waals surface area contributed by atoms with Gasteiger partial charge in [-0.1, -0.05) is 78.9 Å². The Bertz CT molecular complexity index is 1790. The van der Waals surface area contributed by atoms with Crippen molar-refractivity contribution in [1.29, 1.82) is 0 Å². The van der Waals surface area contributed by atoms with Gasteiger partial charge in [0.1, 0.15) is 11.0 Å². The number of nitrogens with one attached hydrogen (secondary N) is 1. The summed E-state index contributed by atoms with van der Waals surface area (Å²) in [7, 11) is 1.60. The standard InChI is InChI=1S/C31H30N4O5S/c1-40-19-23-17-26-28(36)34(16-15-20-7-3-2-4-8-20)31(39)35(29(26)41-23)18-21-11-13-22(14-12-21)24-9-5-6-10-25(24)27(32)33-30(37)38/h2-14,17,27,33H,15-16,18-19,32H2,1H3,(H,37,38). The van der Waals surface area contributed by atoms with Crippen LogP contribution in [0.3, 0.4) is 0 Å². The summed E-state index contributed by atoms with van der Waals surface area (Å²) in [6.07, 6.45) is -1.53. The van der Waals surface area contributed by atoms with Crippen molar-refractivity contribution in [2.75, 3.05) is 7.11 Å². The molecular formula is C31H30N4O5S. The first kappa shape index (κ1) is 28.0. The summed E-state index contributed by atoms with van der Waals surface area (Å²) in [5, 5.41) is 11.9. The van der Waals surface area contributed by atoms with Gasteiger partial charge in [-0.15, -0.1) is 11.3 Å². The monoisotopic (exact) mass is 570 g/mol. The molecule has 2 aromatic heterocycles. The van der Waals surface area contributed by atoms with Gasteiger partial charge >= 0.3 is 11.8 Å². The van der Waals surface area contributed by atoms with Crippen molar-refractivity contribution < 1.29 is 14.6 Å². The van der Waals surface area contributed by atoms with Crippen LogP contribution in [0.4, 0.5) is 4.79 Å². The quantitative estimate of drug-likeness (QED) is 0.211. The lowest BCUT2D eigenvalue weighted by molar-refractivity contribution is 0.187. The number of nitrogens with zero attached hydrogens (tertiary/aromatic N) is 2. The highest BCUT2D eigenvalue weighted by molar-refractivity contribution is 7.18. The van der Waals surface area contributed by atoms with Crippen molar-refractivity contribution in [3.05, 3.63) is 127 Å². The summed E-state index contributed by atoms with van der Waals surface area (Å²) in [6.45, 7) is 0.896. The van der Waals surface area contributed by atoms with E-state index in [-0.39, 0.29) is 24.3 Å². The average Bonchev–Trinajstić information content (AvgIpc) is 3.40. The Hall–Kier alpha value is -4.51. The number of carboxylic acid groups (broad SMARTS) is 1. The van der Waals surface area contributed by atoms with Crippen LogP contribution in [0.1, 0.15) is 27.7 Å². The summed E-state index contributed by atoms with van der Waals surface area (Å²) in [6, 6.07) is 26.6. The van der Waals surface area contributed by atoms with Gasteiger partial charge in [0.05, 0.1) is 18.5 Å². The molecule has 0 saturated carbocycles. The molecule has 3 aromatic carbocycles. The smallest absolute Gasteiger partial charge is 0.406 e. The van der Waals surface area contributed by atoms with E-state index in [2.05, 4.69) is 5.32 Å². The Kier molecular flexibility index (Phi) is 8.44. The fraction of sp³-hybridized carbons (Fsp3) is 0.194. The van der Waals surface area contributed by atoms with E-state index in [1.54, 1.807) is 23.8 Å². The SMILES string of the molecule is COCc1cc2c(=O)n(CCc3ccccc3)c(=O)n(Cc3ccc(-c4ccccc4C(N)NC(=O)O)cc3)c2s1. The molecule has 0 spiro atoms. The van der Waals surface area contributed by atoms with Crippen molar-refractivity contribution in [1.82, 2.24) is 14.5 Å². The van der Waals surface area contributed by atoms with E-state index in [1.807, 2.05) is 72.8 Å². The predicted octanol–water partition coefficient (Wildman–Crippen LogP) is 4.55. The summed E-state index contributed by atoms with van der Waals surface area (Å²) in [5.41, 5.74) is 9.65. The Morgan fingerprint density at radius 1 is 0.976 bits per heavy atom. The lowest BCUT2D eigenvalue weighted by atomic mass is 9.97. The number of ether oxygens (including phenoxy) is 1. The molecule has 4 N–H and O–H groups in total. The van der Waals surface area contributed by atoms with Crippen molar-refractivity contribution in [3.63, 3.8) is 0 Å². The molecule has 0 aliphatic carbocycles. The molecule has 1 atom stereocenters. The highest BCUT2D eigenvalue weighted by Gasteiger charge is 2.18. The van der Waals surface area contributed by atoms with Gasteiger partial charge in [0, 0.05) is 18.5 Å². The average molecular weight is 571 g/mol. The van der Waals surface area contributed by atoms with Crippen LogP contribution in [0.2, 0.25) is 0 Å². The van der Waals surface area contributed by atoms with E-state index in [0.29, 0.717) is 28.8 Å². The summed E-state index contributed by atoms with van der Waals surface area (Å²) < 4.78 is 8.27. The van der Waals surface area contributed by atoms with Crippen LogP contribution in [-0.4, -0.2) is 27.4 Å². The molecule has 5 aromatic rings. The third-order valence-corrected chi connectivity index (χ3v) is 8.01. The first-order valence-corrected chi connectivity index (χ1v) is 13.9. The van der Waals surface area contributed by atoms with Gasteiger partial charge in [-0.05, 0) is 40.3 Å². The number of hydrogen-bond acceptors (Lipinski definition) is 6. The molecule has 5 rings (SSSR count). The molecule has 0 saturated heterocycles. The molecule has 0 aliphatic heterocycles. The molecule has 2 heterocycles. The van der Waals surface area contributed by atoms with Gasteiger partial charge in [-0.25, -0.2) is 9.59 Å². The second kappa shape index (κ2) is 12.3. The number of thiophene rings is 1. The van der Waals surface area contributed by atoms with E-state index < -0.39 is 12.3 Å². The van der Waals surface area contributed by atoms with Gasteiger partial charge < -0.3 is 20.9 Å².